The van der Waals surface area contributed by atoms with Gasteiger partial charge in [0.2, 0.25) is 0 Å². The van der Waals surface area contributed by atoms with E-state index in [1.54, 1.807) is 21.0 Å². The molecule has 0 aromatic carbocycles. The molecule has 4 atom stereocenters. The third-order valence-electron chi connectivity index (χ3n) is 12.4. The fourth-order valence-electron chi connectivity index (χ4n) is 8.83. The molecule has 4 N–H and O–H groups in total. The lowest BCUT2D eigenvalue weighted by atomic mass is 10.3. The molecule has 0 aliphatic heterocycles. The second-order valence-electron chi connectivity index (χ2n) is 28.1. The van der Waals surface area contributed by atoms with Crippen molar-refractivity contribution >= 4 is 101 Å². The Balaban J connectivity index is -0.00000134. The fraction of sp³-hybridized carbons (Fsp3) is 0.806. The zero-order valence-corrected chi connectivity index (χ0v) is 71.6. The van der Waals surface area contributed by atoms with Crippen LogP contribution in [0.4, 0.5) is 0 Å². The summed E-state index contributed by atoms with van der Waals surface area (Å²) in [5.41, 5.74) is 0.757. The Morgan fingerprint density at radius 1 is 0.442 bits per heavy atom. The summed E-state index contributed by atoms with van der Waals surface area (Å²) in [6, 6.07) is 5.34. The van der Waals surface area contributed by atoms with Crippen LogP contribution in [-0.4, -0.2) is 252 Å². The summed E-state index contributed by atoms with van der Waals surface area (Å²) in [7, 11) is -15.7. The average Bonchev–Trinajstić information content (AvgIpc) is 0.814. The second-order valence-corrected chi connectivity index (χ2v) is 63.8. The molecule has 0 rings (SSSR count). The minimum Gasteiger partial charge on any atom is -0.462 e. The highest BCUT2D eigenvalue weighted by Gasteiger charge is 2.49. The molecule has 0 aliphatic carbocycles. The van der Waals surface area contributed by atoms with E-state index in [1.807, 2.05) is 0 Å². The topological polar surface area (TPSA) is 297 Å². The number of hydrogen-bond donors (Lipinski definition) is 4. The number of methoxy groups -OCH3 is 1. The molecule has 95 heavy (non-hydrogen) atoms. The summed E-state index contributed by atoms with van der Waals surface area (Å²) >= 11 is 0. The molecule has 0 bridgehead atoms. The van der Waals surface area contributed by atoms with Gasteiger partial charge in [0.15, 0.2) is 49.9 Å². The third-order valence-corrected chi connectivity index (χ3v) is 42.8. The van der Waals surface area contributed by atoms with E-state index in [2.05, 4.69) is 131 Å². The van der Waals surface area contributed by atoms with Gasteiger partial charge in [-0.2, -0.15) is 0 Å². The molecule has 24 nitrogen and oxygen atoms in total. The number of carbonyl (C=O) groups is 4. The molecule has 0 heterocycles. The van der Waals surface area contributed by atoms with Gasteiger partial charge in [-0.25, -0.2) is 19.2 Å². The van der Waals surface area contributed by atoms with E-state index in [9.17, 15) is 29.4 Å². The highest BCUT2D eigenvalue weighted by Crippen LogP contribution is 2.31. The third kappa shape index (κ3) is 61.7. The summed E-state index contributed by atoms with van der Waals surface area (Å²) < 4.78 is 92.4. The van der Waals surface area contributed by atoms with Crippen LogP contribution in [0.15, 0.2) is 49.6 Å². The van der Waals surface area contributed by atoms with Crippen molar-refractivity contribution in [3.63, 3.8) is 0 Å². The van der Waals surface area contributed by atoms with E-state index in [4.69, 9.17) is 82.3 Å². The fourth-order valence-corrected chi connectivity index (χ4v) is 43.6. The summed E-state index contributed by atoms with van der Waals surface area (Å²) in [5.74, 6) is -1.93. The first kappa shape index (κ1) is 97.3. The first-order valence-corrected chi connectivity index (χ1v) is 58.9. The molecule has 4 unspecified atom stereocenters. The van der Waals surface area contributed by atoms with Gasteiger partial charge in [-0.15, -0.1) is 0 Å². The Morgan fingerprint density at radius 3 is 1.21 bits per heavy atom. The number of aliphatic hydroxyl groups excluding tert-OH is 4. The van der Waals surface area contributed by atoms with Crippen molar-refractivity contribution in [1.82, 2.24) is 0 Å². The molecule has 0 aliphatic rings. The van der Waals surface area contributed by atoms with Crippen LogP contribution in [-0.2, 0) is 91.2 Å². The van der Waals surface area contributed by atoms with Crippen LogP contribution in [0.2, 0.25) is 141 Å². The van der Waals surface area contributed by atoms with Crippen molar-refractivity contribution in [2.75, 3.05) is 113 Å². The van der Waals surface area contributed by atoms with Gasteiger partial charge >= 0.3 is 41.2 Å². The molecule has 0 aromatic rings. The van der Waals surface area contributed by atoms with Gasteiger partial charge in [0.05, 0.1) is 59.5 Å². The molecule has 0 amide bonds. The summed E-state index contributed by atoms with van der Waals surface area (Å²) in [5, 5.41) is 37.0. The number of rotatable bonds is 57. The maximum atomic E-state index is 11.8. The Bertz CT molecular complexity index is 2020. The first-order chi connectivity index (χ1) is 43.9. The lowest BCUT2D eigenvalue weighted by molar-refractivity contribution is -0.150. The van der Waals surface area contributed by atoms with Crippen LogP contribution < -0.4 is 0 Å². The van der Waals surface area contributed by atoms with Crippen molar-refractivity contribution in [3.05, 3.63) is 49.6 Å². The predicted molar refractivity (Wildman–Crippen MR) is 396 cm³/mol. The van der Waals surface area contributed by atoms with Crippen molar-refractivity contribution in [3.8, 4) is 0 Å². The SMILES string of the molecule is C=C(C)C(=O)OC(COC)COCCC[Si](O[Si](C)(C)C)(O[Si](C)(C)C)O[Si](C)(C)C.C=C(C)C(=O)OCCC[Si](C)(O[SiH2]CCCOCCO)O[Si](C)(C)CCCOCCO.C=CC(=O)OCC(O)COCCC[Si](C)(C)O[Si](C)(C)CCCOCC(O)COC(=O)C=C. The van der Waals surface area contributed by atoms with Gasteiger partial charge in [-0.1, -0.05) is 26.3 Å². The average molecular weight is 1510 g/mol. The van der Waals surface area contributed by atoms with Gasteiger partial charge in [-0.05, 0) is 187 Å². The molecular weight excluding hydrogens is 1380 g/mol. The Kier molecular flexibility index (Phi) is 54.3. The van der Waals surface area contributed by atoms with E-state index < -0.39 is 113 Å². The van der Waals surface area contributed by atoms with Crippen molar-refractivity contribution in [2.24, 2.45) is 0 Å². The lowest BCUT2D eigenvalue weighted by Gasteiger charge is -2.42. The van der Waals surface area contributed by atoms with Crippen molar-refractivity contribution < 1.29 is 112 Å². The van der Waals surface area contributed by atoms with Crippen molar-refractivity contribution in [2.45, 2.75) is 212 Å². The second kappa shape index (κ2) is 53.0. The van der Waals surface area contributed by atoms with E-state index in [0.717, 1.165) is 74.5 Å². The van der Waals surface area contributed by atoms with E-state index in [-0.39, 0.29) is 58.8 Å². The quantitative estimate of drug-likeness (QED) is 0.0145. The molecule has 33 heteroatoms. The van der Waals surface area contributed by atoms with Gasteiger partial charge in [0.1, 0.15) is 41.3 Å². The van der Waals surface area contributed by atoms with Crippen LogP contribution >= 0.6 is 0 Å². The van der Waals surface area contributed by atoms with E-state index in [0.29, 0.717) is 76.5 Å². The minimum absolute atomic E-state index is 0.0434. The Hall–Kier alpha value is -1.85. The minimum atomic E-state index is -2.85. The Morgan fingerprint density at radius 2 is 0.821 bits per heavy atom. The summed E-state index contributed by atoms with van der Waals surface area (Å²) in [4.78, 5) is 45.3. The number of hydrogen-bond acceptors (Lipinski definition) is 24. The van der Waals surface area contributed by atoms with Crippen LogP contribution in [0.5, 0.6) is 0 Å². The zero-order valence-electron chi connectivity index (χ0n) is 62.2. The molecular formula is C62H132O24Si9. The van der Waals surface area contributed by atoms with Crippen molar-refractivity contribution in [1.29, 1.82) is 0 Å². The molecule has 0 saturated heterocycles. The van der Waals surface area contributed by atoms with Gasteiger partial charge in [0.25, 0.3) is 0 Å². The Labute approximate surface area is 583 Å². The molecule has 0 spiro atoms. The molecule has 0 radical (unpaired) electrons. The van der Waals surface area contributed by atoms with Crippen LogP contribution in [0, 0.1) is 0 Å². The normalized spacial score (nSPS) is 14.1. The van der Waals surface area contributed by atoms with Gasteiger partial charge in [0, 0.05) is 69.5 Å². The maximum Gasteiger partial charge on any atom is 0.469 e. The monoisotopic (exact) mass is 1510 g/mol. The van der Waals surface area contributed by atoms with Crippen LogP contribution in [0.25, 0.3) is 0 Å². The highest BCUT2D eigenvalue weighted by molar-refractivity contribution is 6.90. The smallest absolute Gasteiger partial charge is 0.462 e. The summed E-state index contributed by atoms with van der Waals surface area (Å²) in [6.07, 6.45) is 4.88. The lowest BCUT2D eigenvalue weighted by Crippen LogP contribution is -2.60. The standard InChI is InChI=1S/C22H42O9Si2.C20H44O8Si3.C20H46O7Si4/c1-7-21(25)29-17-19(23)15-27-11-9-13-32(3,4)31-33(5,6)14-10-12-28-16-20(24)18-30-22(26)8-2;1-19(2)20(23)26-13-8-18-31(5,27-29-16-6-11-24-14-9-21)28-30(3,4)17-7-12-25-15-10-22;1-18(2)20(21)24-19(16-22-3)17-23-14-13-15-31(25-28(4,5)6,26-29(7,8)9)27-30(10,11)12/h7-8,19-20,23-24H,1-2,9-18H2,3-6H3;21-22H,1,6-18,29H2,2-5H3;19H,1,13-17H2,2-12H3. The largest absolute Gasteiger partial charge is 0.469 e. The molecule has 0 fully saturated rings. The number of esters is 4. The number of aliphatic hydroxyl groups is 4. The van der Waals surface area contributed by atoms with Gasteiger partial charge < -0.3 is 92.5 Å². The maximum absolute atomic E-state index is 11.8. The molecule has 560 valence electrons. The van der Waals surface area contributed by atoms with E-state index >= 15 is 0 Å². The number of ether oxygens (including phenoxy) is 10. The van der Waals surface area contributed by atoms with Crippen LogP contribution in [0.3, 0.4) is 0 Å². The van der Waals surface area contributed by atoms with Crippen LogP contribution in [0.1, 0.15) is 52.4 Å². The molecule has 0 saturated carbocycles. The van der Waals surface area contributed by atoms with Gasteiger partial charge in [-0.3, -0.25) is 0 Å². The number of carbonyl (C=O) groups excluding carboxylic acids is 4. The highest BCUT2D eigenvalue weighted by atomic mass is 28.5. The predicted octanol–water partition coefficient (Wildman–Crippen LogP) is 9.53. The molecule has 0 aromatic heterocycles. The zero-order chi connectivity index (χ0) is 73.4. The van der Waals surface area contributed by atoms with E-state index in [1.165, 1.54) is 0 Å². The summed E-state index contributed by atoms with van der Waals surface area (Å²) in [6.45, 7) is 56.5. The first-order valence-electron chi connectivity index (χ1n) is 33.3.